The van der Waals surface area contributed by atoms with E-state index in [2.05, 4.69) is 0 Å². The van der Waals surface area contributed by atoms with E-state index in [0.29, 0.717) is 19.4 Å². The van der Waals surface area contributed by atoms with Gasteiger partial charge in [-0.3, -0.25) is 0 Å². The maximum absolute atomic E-state index is 8.81. The molecule has 0 unspecified atom stereocenters. The second-order valence-electron chi connectivity index (χ2n) is 1.74. The van der Waals surface area contributed by atoms with Crippen LogP contribution in [0.25, 0.3) is 0 Å². The van der Waals surface area contributed by atoms with Crippen LogP contribution in [0, 0.1) is 0 Å². The van der Waals surface area contributed by atoms with E-state index >= 15 is 0 Å². The van der Waals surface area contributed by atoms with E-state index in [-0.39, 0.29) is 6.61 Å². The van der Waals surface area contributed by atoms with Crippen LogP contribution in [0.4, 0.5) is 0 Å². The van der Waals surface area contributed by atoms with Gasteiger partial charge < -0.3 is 15.9 Å². The summed E-state index contributed by atoms with van der Waals surface area (Å²) in [4.78, 5) is 0. The van der Waals surface area contributed by atoms with Crippen molar-refractivity contribution >= 4 is 0 Å². The molecule has 0 saturated heterocycles. The van der Waals surface area contributed by atoms with Gasteiger partial charge in [0.25, 0.3) is 0 Å². The number of hydrogen-bond donors (Lipinski definition) is 3. The number of nitrogens with two attached hydrogens (primary N) is 1. The van der Waals surface area contributed by atoms with Crippen LogP contribution in [-0.2, 0) is 0 Å². The highest BCUT2D eigenvalue weighted by atomic mass is 16.3. The highest BCUT2D eigenvalue weighted by Gasteiger charge is 1.98. The molecule has 0 saturated carbocycles. The molecule has 3 nitrogen and oxygen atoms in total. The molecule has 0 aromatic rings. The summed E-state index contributed by atoms with van der Waals surface area (Å²) in [6.45, 7) is 0.530. The first-order valence-electron chi connectivity index (χ1n) is 2.80. The molecular weight excluding hydrogens is 106 g/mol. The van der Waals surface area contributed by atoms with E-state index in [1.807, 2.05) is 0 Å². The van der Waals surface area contributed by atoms with Gasteiger partial charge in [0, 0.05) is 6.61 Å². The number of rotatable bonds is 4. The number of aliphatic hydroxyl groups excluding tert-OH is 2. The van der Waals surface area contributed by atoms with Crippen molar-refractivity contribution in [3.8, 4) is 0 Å². The summed E-state index contributed by atoms with van der Waals surface area (Å²) in [7, 11) is 0. The van der Waals surface area contributed by atoms with E-state index in [4.69, 9.17) is 15.9 Å². The van der Waals surface area contributed by atoms with Crippen molar-refractivity contribution in [2.75, 3.05) is 13.2 Å². The van der Waals surface area contributed by atoms with Crippen LogP contribution >= 0.6 is 0 Å². The van der Waals surface area contributed by atoms with Crippen LogP contribution in [-0.4, -0.2) is 29.5 Å². The largest absolute Gasteiger partial charge is 0.396 e. The Bertz CT molecular complexity index is 43.7. The summed E-state index contributed by atoms with van der Waals surface area (Å²) in [6.07, 6.45) is 0.614. The summed E-state index contributed by atoms with van der Waals surface area (Å²) in [5, 5.41) is 17.1. The quantitative estimate of drug-likeness (QED) is 0.448. The van der Waals surface area contributed by atoms with Crippen LogP contribution < -0.4 is 5.73 Å². The predicted octanol–water partition coefficient (Wildman–Crippen LogP) is -0.922. The predicted molar refractivity (Wildman–Crippen MR) is 31.4 cm³/mol. The zero-order valence-corrected chi connectivity index (χ0v) is 4.88. The molecule has 0 radical (unpaired) electrons. The Morgan fingerprint density at radius 2 is 2.00 bits per heavy atom. The van der Waals surface area contributed by atoms with Crippen molar-refractivity contribution in [1.29, 1.82) is 0 Å². The van der Waals surface area contributed by atoms with E-state index in [1.165, 1.54) is 0 Å². The number of aliphatic hydroxyl groups is 2. The molecule has 0 spiro atoms. The summed E-state index contributed by atoms with van der Waals surface area (Å²) >= 11 is 0. The molecule has 0 aliphatic rings. The van der Waals surface area contributed by atoms with E-state index in [9.17, 15) is 0 Å². The van der Waals surface area contributed by atoms with Gasteiger partial charge in [-0.2, -0.15) is 0 Å². The van der Waals surface area contributed by atoms with Crippen LogP contribution in [0.1, 0.15) is 12.8 Å². The van der Waals surface area contributed by atoms with Gasteiger partial charge in [-0.15, -0.1) is 0 Å². The number of hydrogen-bond acceptors (Lipinski definition) is 3. The third-order valence-corrected chi connectivity index (χ3v) is 0.962. The SMILES string of the molecule is NCC[C@@H](O)CCO. The van der Waals surface area contributed by atoms with E-state index in [0.717, 1.165) is 0 Å². The smallest absolute Gasteiger partial charge is 0.0574 e. The molecule has 0 heterocycles. The Morgan fingerprint density at radius 1 is 1.38 bits per heavy atom. The first-order valence-corrected chi connectivity index (χ1v) is 2.80. The average Bonchev–Trinajstić information content (AvgIpc) is 1.68. The van der Waals surface area contributed by atoms with Gasteiger partial charge in [0.1, 0.15) is 0 Å². The van der Waals surface area contributed by atoms with E-state index < -0.39 is 6.10 Å². The molecule has 0 aliphatic carbocycles. The summed E-state index contributed by atoms with van der Waals surface area (Å²) in [5.74, 6) is 0. The Balaban J connectivity index is 2.92. The van der Waals surface area contributed by atoms with Gasteiger partial charge in [-0.05, 0) is 19.4 Å². The van der Waals surface area contributed by atoms with Crippen molar-refractivity contribution in [3.63, 3.8) is 0 Å². The minimum atomic E-state index is -0.412. The summed E-state index contributed by atoms with van der Waals surface area (Å²) in [5.41, 5.74) is 5.12. The monoisotopic (exact) mass is 119 g/mol. The molecule has 8 heavy (non-hydrogen) atoms. The molecule has 50 valence electrons. The van der Waals surface area contributed by atoms with Gasteiger partial charge in [0.2, 0.25) is 0 Å². The third-order valence-electron chi connectivity index (χ3n) is 0.962. The zero-order valence-electron chi connectivity index (χ0n) is 4.88. The molecule has 0 aromatic carbocycles. The fourth-order valence-electron chi connectivity index (χ4n) is 0.486. The lowest BCUT2D eigenvalue weighted by molar-refractivity contribution is 0.127. The Kier molecular flexibility index (Phi) is 4.95. The van der Waals surface area contributed by atoms with Gasteiger partial charge in [0.15, 0.2) is 0 Å². The fraction of sp³-hybridized carbons (Fsp3) is 1.00. The minimum absolute atomic E-state index is 0.0428. The molecule has 0 fully saturated rings. The molecule has 0 rings (SSSR count). The molecule has 3 heteroatoms. The van der Waals surface area contributed by atoms with Crippen molar-refractivity contribution in [2.24, 2.45) is 5.73 Å². The molecular formula is C5H13NO2. The second kappa shape index (κ2) is 5.03. The Morgan fingerprint density at radius 3 is 2.38 bits per heavy atom. The van der Waals surface area contributed by atoms with Crippen LogP contribution in [0.3, 0.4) is 0 Å². The Labute approximate surface area is 49.1 Å². The van der Waals surface area contributed by atoms with Crippen molar-refractivity contribution < 1.29 is 10.2 Å². The fourth-order valence-corrected chi connectivity index (χ4v) is 0.486. The highest BCUT2D eigenvalue weighted by Crippen LogP contribution is 1.92. The molecule has 0 bridgehead atoms. The van der Waals surface area contributed by atoms with Gasteiger partial charge in [-0.1, -0.05) is 0 Å². The van der Waals surface area contributed by atoms with E-state index in [1.54, 1.807) is 0 Å². The van der Waals surface area contributed by atoms with Crippen LogP contribution in [0.5, 0.6) is 0 Å². The lowest BCUT2D eigenvalue weighted by Crippen LogP contribution is -2.14. The maximum Gasteiger partial charge on any atom is 0.0574 e. The van der Waals surface area contributed by atoms with Gasteiger partial charge in [0.05, 0.1) is 6.10 Å². The first kappa shape index (κ1) is 7.88. The third kappa shape index (κ3) is 4.05. The van der Waals surface area contributed by atoms with Crippen LogP contribution in [0.15, 0.2) is 0 Å². The maximum atomic E-state index is 8.81. The second-order valence-corrected chi connectivity index (χ2v) is 1.74. The average molecular weight is 119 g/mol. The lowest BCUT2D eigenvalue weighted by atomic mass is 10.2. The van der Waals surface area contributed by atoms with Gasteiger partial charge >= 0.3 is 0 Å². The minimum Gasteiger partial charge on any atom is -0.396 e. The topological polar surface area (TPSA) is 66.5 Å². The molecule has 0 aliphatic heterocycles. The molecule has 0 aromatic heterocycles. The zero-order chi connectivity index (χ0) is 6.41. The normalized spacial score (nSPS) is 13.9. The summed E-state index contributed by atoms with van der Waals surface area (Å²) in [6, 6.07) is 0. The molecule has 0 amide bonds. The van der Waals surface area contributed by atoms with Crippen molar-refractivity contribution in [1.82, 2.24) is 0 Å². The lowest BCUT2D eigenvalue weighted by Gasteiger charge is -2.04. The molecule has 4 N–H and O–H groups in total. The highest BCUT2D eigenvalue weighted by molar-refractivity contribution is 4.53. The van der Waals surface area contributed by atoms with Crippen molar-refractivity contribution in [2.45, 2.75) is 18.9 Å². The standard InChI is InChI=1S/C5H13NO2/c6-3-1-5(8)2-4-7/h5,7-8H,1-4,6H2/t5-/m1/s1. The Hall–Kier alpha value is -0.120. The van der Waals surface area contributed by atoms with Crippen LogP contribution in [0.2, 0.25) is 0 Å². The van der Waals surface area contributed by atoms with Gasteiger partial charge in [-0.25, -0.2) is 0 Å². The van der Waals surface area contributed by atoms with Crippen molar-refractivity contribution in [3.05, 3.63) is 0 Å². The molecule has 1 atom stereocenters. The summed E-state index contributed by atoms with van der Waals surface area (Å²) < 4.78 is 0. The first-order chi connectivity index (χ1) is 3.81.